The van der Waals surface area contributed by atoms with E-state index in [1.807, 2.05) is 24.3 Å². The first kappa shape index (κ1) is 14.4. The van der Waals surface area contributed by atoms with Gasteiger partial charge in [-0.25, -0.2) is 0 Å². The fourth-order valence-electron chi connectivity index (χ4n) is 1.05. The van der Waals surface area contributed by atoms with Crippen molar-refractivity contribution in [3.05, 3.63) is 28.7 Å². The van der Waals surface area contributed by atoms with Crippen molar-refractivity contribution in [3.63, 3.8) is 0 Å². The van der Waals surface area contributed by atoms with E-state index in [4.69, 9.17) is 9.84 Å². The summed E-state index contributed by atoms with van der Waals surface area (Å²) in [4.78, 5) is 10.9. The molecule has 0 amide bonds. The summed E-state index contributed by atoms with van der Waals surface area (Å²) < 4.78 is 5.75. The van der Waals surface area contributed by atoms with Crippen LogP contribution in [0.5, 0.6) is 5.75 Å². The second-order valence-electron chi connectivity index (χ2n) is 3.97. The van der Waals surface area contributed by atoms with Crippen molar-refractivity contribution < 1.29 is 14.6 Å². The van der Waals surface area contributed by atoms with Gasteiger partial charge in [0, 0.05) is 10.2 Å². The maximum Gasteiger partial charge on any atom is 0.319 e. The number of aliphatic carboxylic acids is 1. The molecule has 0 radical (unpaired) electrons. The molecular formula is C12H15BrO3S. The molecule has 0 saturated carbocycles. The molecule has 0 aliphatic carbocycles. The summed E-state index contributed by atoms with van der Waals surface area (Å²) in [6.45, 7) is 3.89. The first-order valence-corrected chi connectivity index (χ1v) is 6.95. The summed E-state index contributed by atoms with van der Waals surface area (Å²) in [6, 6.07) is 7.56. The molecule has 0 aliphatic rings. The van der Waals surface area contributed by atoms with Gasteiger partial charge in [-0.3, -0.25) is 4.79 Å². The van der Waals surface area contributed by atoms with Gasteiger partial charge in [0.25, 0.3) is 0 Å². The fraction of sp³-hybridized carbons (Fsp3) is 0.417. The molecule has 0 spiro atoms. The zero-order valence-corrected chi connectivity index (χ0v) is 12.2. The lowest BCUT2D eigenvalue weighted by atomic mass is 10.2. The van der Waals surface area contributed by atoms with Crippen molar-refractivity contribution in [2.24, 2.45) is 0 Å². The van der Waals surface area contributed by atoms with Crippen molar-refractivity contribution in [2.45, 2.75) is 18.6 Å². The first-order chi connectivity index (χ1) is 7.92. The van der Waals surface area contributed by atoms with E-state index in [2.05, 4.69) is 15.9 Å². The van der Waals surface area contributed by atoms with Gasteiger partial charge in [-0.05, 0) is 38.1 Å². The standard InChI is InChI=1S/C12H15BrO3S/c1-12(2,11(14)15)17-8-7-16-10-5-3-9(13)4-6-10/h3-6H,7-8H2,1-2H3,(H,14,15). The lowest BCUT2D eigenvalue weighted by molar-refractivity contribution is -0.138. The lowest BCUT2D eigenvalue weighted by Gasteiger charge is -2.18. The maximum atomic E-state index is 10.9. The van der Waals surface area contributed by atoms with Crippen LogP contribution in [0.1, 0.15) is 13.8 Å². The second-order valence-corrected chi connectivity index (χ2v) is 6.60. The highest BCUT2D eigenvalue weighted by molar-refractivity contribution is 9.10. The third-order valence-corrected chi connectivity index (χ3v) is 3.94. The van der Waals surface area contributed by atoms with E-state index in [1.54, 1.807) is 13.8 Å². The third-order valence-electron chi connectivity index (χ3n) is 2.14. The normalized spacial score (nSPS) is 11.2. The number of hydrogen-bond donors (Lipinski definition) is 1. The van der Waals surface area contributed by atoms with Gasteiger partial charge in [0.15, 0.2) is 0 Å². The van der Waals surface area contributed by atoms with Gasteiger partial charge < -0.3 is 9.84 Å². The smallest absolute Gasteiger partial charge is 0.319 e. The zero-order valence-electron chi connectivity index (χ0n) is 9.77. The molecule has 1 aromatic carbocycles. The van der Waals surface area contributed by atoms with Crippen LogP contribution in [0.3, 0.4) is 0 Å². The van der Waals surface area contributed by atoms with E-state index in [0.29, 0.717) is 12.4 Å². The highest BCUT2D eigenvalue weighted by Crippen LogP contribution is 2.24. The van der Waals surface area contributed by atoms with Crippen LogP contribution in [0, 0.1) is 0 Å². The minimum absolute atomic E-state index is 0.503. The summed E-state index contributed by atoms with van der Waals surface area (Å²) in [5.41, 5.74) is 0. The van der Waals surface area contributed by atoms with Gasteiger partial charge in [0.1, 0.15) is 10.5 Å². The number of halogens is 1. The minimum atomic E-state index is -0.800. The maximum absolute atomic E-state index is 10.9. The monoisotopic (exact) mass is 318 g/mol. The molecule has 0 saturated heterocycles. The molecule has 5 heteroatoms. The van der Waals surface area contributed by atoms with Crippen molar-refractivity contribution in [3.8, 4) is 5.75 Å². The molecule has 0 atom stereocenters. The van der Waals surface area contributed by atoms with E-state index in [1.165, 1.54) is 11.8 Å². The topological polar surface area (TPSA) is 46.5 Å². The highest BCUT2D eigenvalue weighted by atomic mass is 79.9. The molecular weight excluding hydrogens is 304 g/mol. The molecule has 0 bridgehead atoms. The Morgan fingerprint density at radius 3 is 2.53 bits per heavy atom. The second kappa shape index (κ2) is 6.31. The molecule has 0 unspecified atom stereocenters. The lowest BCUT2D eigenvalue weighted by Crippen LogP contribution is -2.28. The molecule has 1 N–H and O–H groups in total. The Morgan fingerprint density at radius 1 is 1.41 bits per heavy atom. The van der Waals surface area contributed by atoms with Gasteiger partial charge in [0.05, 0.1) is 6.61 Å². The van der Waals surface area contributed by atoms with E-state index in [0.717, 1.165) is 10.2 Å². The SMILES string of the molecule is CC(C)(SCCOc1ccc(Br)cc1)C(=O)O. The van der Waals surface area contributed by atoms with E-state index in [-0.39, 0.29) is 0 Å². The largest absolute Gasteiger partial charge is 0.493 e. The molecule has 0 aliphatic heterocycles. The number of benzene rings is 1. The Morgan fingerprint density at radius 2 is 2.00 bits per heavy atom. The minimum Gasteiger partial charge on any atom is -0.493 e. The highest BCUT2D eigenvalue weighted by Gasteiger charge is 2.27. The summed E-state index contributed by atoms with van der Waals surface area (Å²) in [5, 5.41) is 8.92. The van der Waals surface area contributed by atoms with Gasteiger partial charge in [-0.15, -0.1) is 11.8 Å². The van der Waals surface area contributed by atoms with Crippen LogP contribution >= 0.6 is 27.7 Å². The van der Waals surface area contributed by atoms with Crippen molar-refractivity contribution in [2.75, 3.05) is 12.4 Å². The fourth-order valence-corrected chi connectivity index (χ4v) is 2.11. The summed E-state index contributed by atoms with van der Waals surface area (Å²) in [5.74, 6) is 0.642. The van der Waals surface area contributed by atoms with Crippen LogP contribution < -0.4 is 4.74 Å². The molecule has 0 aromatic heterocycles. The quantitative estimate of drug-likeness (QED) is 0.816. The van der Waals surface area contributed by atoms with Crippen LogP contribution in [-0.2, 0) is 4.79 Å². The first-order valence-electron chi connectivity index (χ1n) is 5.17. The van der Waals surface area contributed by atoms with E-state index < -0.39 is 10.7 Å². The van der Waals surface area contributed by atoms with E-state index >= 15 is 0 Å². The number of rotatable bonds is 6. The Hall–Kier alpha value is -0.680. The Balaban J connectivity index is 2.29. The molecule has 17 heavy (non-hydrogen) atoms. The van der Waals surface area contributed by atoms with Gasteiger partial charge >= 0.3 is 5.97 Å². The van der Waals surface area contributed by atoms with E-state index in [9.17, 15) is 4.79 Å². The van der Waals surface area contributed by atoms with Crippen LogP contribution in [0.15, 0.2) is 28.7 Å². The molecule has 94 valence electrons. The van der Waals surface area contributed by atoms with Crippen LogP contribution in [0.2, 0.25) is 0 Å². The predicted molar refractivity (Wildman–Crippen MR) is 73.8 cm³/mol. The number of carbonyl (C=O) groups is 1. The Labute approximate surface area is 114 Å². The van der Waals surface area contributed by atoms with Gasteiger partial charge in [-0.1, -0.05) is 15.9 Å². The van der Waals surface area contributed by atoms with Crippen LogP contribution in [-0.4, -0.2) is 28.2 Å². The number of hydrogen-bond acceptors (Lipinski definition) is 3. The predicted octanol–water partition coefficient (Wildman–Crippen LogP) is 3.42. The molecule has 3 nitrogen and oxygen atoms in total. The molecule has 0 heterocycles. The molecule has 1 aromatic rings. The van der Waals surface area contributed by atoms with Crippen molar-refractivity contribution in [1.82, 2.24) is 0 Å². The Bertz CT molecular complexity index is 376. The van der Waals surface area contributed by atoms with Gasteiger partial charge in [0.2, 0.25) is 0 Å². The van der Waals surface area contributed by atoms with Crippen LogP contribution in [0.4, 0.5) is 0 Å². The number of ether oxygens (including phenoxy) is 1. The Kier molecular flexibility index (Phi) is 5.33. The van der Waals surface area contributed by atoms with Gasteiger partial charge in [-0.2, -0.15) is 0 Å². The summed E-state index contributed by atoms with van der Waals surface area (Å²) in [7, 11) is 0. The number of carboxylic acid groups (broad SMARTS) is 1. The van der Waals surface area contributed by atoms with Crippen LogP contribution in [0.25, 0.3) is 0 Å². The third kappa shape index (κ3) is 5.00. The zero-order chi connectivity index (χ0) is 12.9. The molecule has 1 rings (SSSR count). The average molecular weight is 319 g/mol. The number of thioether (sulfide) groups is 1. The summed E-state index contributed by atoms with van der Waals surface area (Å²) >= 11 is 4.72. The molecule has 0 fully saturated rings. The van der Waals surface area contributed by atoms with Crippen molar-refractivity contribution in [1.29, 1.82) is 0 Å². The average Bonchev–Trinajstić information content (AvgIpc) is 2.26. The summed E-state index contributed by atoms with van der Waals surface area (Å²) in [6.07, 6.45) is 0. The van der Waals surface area contributed by atoms with Crippen molar-refractivity contribution >= 4 is 33.7 Å². The number of carboxylic acids is 1.